The highest BCUT2D eigenvalue weighted by Gasteiger charge is 2.17. The fourth-order valence-corrected chi connectivity index (χ4v) is 3.80. The largest absolute Gasteiger partial charge is 0.374 e. The minimum atomic E-state index is -3.60. The molecule has 0 heterocycles. The number of nitrogens with one attached hydrogen (secondary N) is 2. The summed E-state index contributed by atoms with van der Waals surface area (Å²) < 4.78 is 32.5. The monoisotopic (exact) mass is 404 g/mol. The fourth-order valence-electron chi connectivity index (χ4n) is 2.74. The number of amides is 1. The van der Waals surface area contributed by atoms with Crippen molar-refractivity contribution in [2.45, 2.75) is 38.2 Å². The molecular formula is C21H28N2O4S. The molecule has 7 heteroatoms. The Hall–Kier alpha value is -2.22. The molecule has 0 radical (unpaired) electrons. The summed E-state index contributed by atoms with van der Waals surface area (Å²) in [6, 6.07) is 14.5. The molecule has 0 aromatic heterocycles. The number of carbonyl (C=O) groups excluding carboxylic acids is 1. The second-order valence-corrected chi connectivity index (χ2v) is 8.28. The highest BCUT2D eigenvalue weighted by atomic mass is 32.2. The first-order valence-electron chi connectivity index (χ1n) is 9.40. The zero-order valence-corrected chi connectivity index (χ0v) is 17.4. The highest BCUT2D eigenvalue weighted by Crippen LogP contribution is 2.17. The van der Waals surface area contributed by atoms with Gasteiger partial charge in [0.1, 0.15) is 0 Å². The van der Waals surface area contributed by atoms with E-state index in [1.165, 1.54) is 12.1 Å². The van der Waals surface area contributed by atoms with E-state index in [1.54, 1.807) is 19.9 Å². The first kappa shape index (κ1) is 22.1. The van der Waals surface area contributed by atoms with E-state index in [4.69, 9.17) is 4.74 Å². The molecule has 0 unspecified atom stereocenters. The SMILES string of the molecule is CCNS(=O)(=O)c1ccc(C)c(C(=O)NCCCO[C@@H](C)c2ccccc2)c1. The van der Waals surface area contributed by atoms with Crippen LogP contribution in [-0.4, -0.2) is 34.0 Å². The number of aryl methyl sites for hydroxylation is 1. The van der Waals surface area contributed by atoms with Gasteiger partial charge in [-0.05, 0) is 43.5 Å². The molecule has 152 valence electrons. The Labute approximate surface area is 167 Å². The number of rotatable bonds is 10. The molecule has 0 saturated heterocycles. The summed E-state index contributed by atoms with van der Waals surface area (Å²) in [5, 5.41) is 2.83. The van der Waals surface area contributed by atoms with Crippen molar-refractivity contribution in [2.75, 3.05) is 19.7 Å². The summed E-state index contributed by atoms with van der Waals surface area (Å²) in [7, 11) is -3.60. The average Bonchev–Trinajstić information content (AvgIpc) is 2.68. The third-order valence-corrected chi connectivity index (χ3v) is 5.89. The number of sulfonamides is 1. The van der Waals surface area contributed by atoms with E-state index < -0.39 is 10.0 Å². The van der Waals surface area contributed by atoms with E-state index in [0.29, 0.717) is 31.7 Å². The van der Waals surface area contributed by atoms with Crippen LogP contribution < -0.4 is 10.0 Å². The van der Waals surface area contributed by atoms with Gasteiger partial charge in [-0.15, -0.1) is 0 Å². The highest BCUT2D eigenvalue weighted by molar-refractivity contribution is 7.89. The normalized spacial score (nSPS) is 12.5. The summed E-state index contributed by atoms with van der Waals surface area (Å²) in [4.78, 5) is 12.5. The third kappa shape index (κ3) is 6.15. The molecule has 0 saturated carbocycles. The lowest BCUT2D eigenvalue weighted by molar-refractivity contribution is 0.0635. The molecule has 6 nitrogen and oxygen atoms in total. The molecule has 0 aliphatic heterocycles. The maximum absolute atomic E-state index is 12.5. The van der Waals surface area contributed by atoms with Crippen LogP contribution in [-0.2, 0) is 14.8 Å². The van der Waals surface area contributed by atoms with Crippen LogP contribution in [0, 0.1) is 6.92 Å². The lowest BCUT2D eigenvalue weighted by Gasteiger charge is -2.14. The van der Waals surface area contributed by atoms with Gasteiger partial charge in [-0.1, -0.05) is 43.3 Å². The van der Waals surface area contributed by atoms with Gasteiger partial charge in [0.05, 0.1) is 11.0 Å². The Morgan fingerprint density at radius 3 is 2.54 bits per heavy atom. The van der Waals surface area contributed by atoms with E-state index in [1.807, 2.05) is 37.3 Å². The molecule has 0 bridgehead atoms. The Bertz CT molecular complexity index is 883. The smallest absolute Gasteiger partial charge is 0.251 e. The van der Waals surface area contributed by atoms with Gasteiger partial charge < -0.3 is 10.1 Å². The first-order valence-corrected chi connectivity index (χ1v) is 10.9. The molecule has 2 aromatic carbocycles. The second kappa shape index (κ2) is 10.4. The van der Waals surface area contributed by atoms with E-state index in [-0.39, 0.29) is 16.9 Å². The summed E-state index contributed by atoms with van der Waals surface area (Å²) in [5.74, 6) is -0.290. The van der Waals surface area contributed by atoms with Crippen molar-refractivity contribution in [3.05, 3.63) is 65.2 Å². The minimum Gasteiger partial charge on any atom is -0.374 e. The predicted molar refractivity (Wildman–Crippen MR) is 110 cm³/mol. The second-order valence-electron chi connectivity index (χ2n) is 6.51. The maximum Gasteiger partial charge on any atom is 0.251 e. The maximum atomic E-state index is 12.5. The van der Waals surface area contributed by atoms with Gasteiger partial charge in [-0.25, -0.2) is 13.1 Å². The first-order chi connectivity index (χ1) is 13.3. The Morgan fingerprint density at radius 1 is 1.14 bits per heavy atom. The summed E-state index contributed by atoms with van der Waals surface area (Å²) in [6.07, 6.45) is 0.657. The molecule has 0 fully saturated rings. The zero-order chi connectivity index (χ0) is 20.6. The van der Waals surface area contributed by atoms with Crippen LogP contribution in [0.2, 0.25) is 0 Å². The number of ether oxygens (including phenoxy) is 1. The third-order valence-electron chi connectivity index (χ3n) is 4.34. The van der Waals surface area contributed by atoms with Gasteiger partial charge >= 0.3 is 0 Å². The molecule has 0 aliphatic carbocycles. The summed E-state index contributed by atoms with van der Waals surface area (Å²) in [6.45, 7) is 6.74. The van der Waals surface area contributed by atoms with Gasteiger partial charge in [0.2, 0.25) is 10.0 Å². The number of carbonyl (C=O) groups is 1. The average molecular weight is 405 g/mol. The van der Waals surface area contributed by atoms with Crippen molar-refractivity contribution in [1.82, 2.24) is 10.0 Å². The van der Waals surface area contributed by atoms with Gasteiger partial charge in [-0.2, -0.15) is 0 Å². The van der Waals surface area contributed by atoms with E-state index in [0.717, 1.165) is 11.1 Å². The van der Waals surface area contributed by atoms with Crippen LogP contribution in [0.15, 0.2) is 53.4 Å². The van der Waals surface area contributed by atoms with Gasteiger partial charge in [0, 0.05) is 25.3 Å². The van der Waals surface area contributed by atoms with Crippen LogP contribution in [0.4, 0.5) is 0 Å². The summed E-state index contributed by atoms with van der Waals surface area (Å²) >= 11 is 0. The molecule has 0 spiro atoms. The Morgan fingerprint density at radius 2 is 1.86 bits per heavy atom. The van der Waals surface area contributed by atoms with E-state index in [9.17, 15) is 13.2 Å². The van der Waals surface area contributed by atoms with Crippen LogP contribution in [0.1, 0.15) is 47.9 Å². The fraction of sp³-hybridized carbons (Fsp3) is 0.381. The molecular weight excluding hydrogens is 376 g/mol. The van der Waals surface area contributed by atoms with Crippen molar-refractivity contribution in [3.8, 4) is 0 Å². The molecule has 1 amide bonds. The van der Waals surface area contributed by atoms with Crippen LogP contribution in [0.3, 0.4) is 0 Å². The van der Waals surface area contributed by atoms with Gasteiger partial charge in [-0.3, -0.25) is 4.79 Å². The van der Waals surface area contributed by atoms with Crippen molar-refractivity contribution in [3.63, 3.8) is 0 Å². The molecule has 2 rings (SSSR count). The van der Waals surface area contributed by atoms with Crippen molar-refractivity contribution < 1.29 is 17.9 Å². The topological polar surface area (TPSA) is 84.5 Å². The standard InChI is InChI=1S/C21H28N2O4S/c1-4-23-28(25,26)19-12-11-16(2)20(15-19)21(24)22-13-8-14-27-17(3)18-9-6-5-7-10-18/h5-7,9-12,15,17,23H,4,8,13-14H2,1-3H3,(H,22,24)/t17-/m0/s1. The molecule has 2 N–H and O–H groups in total. The summed E-state index contributed by atoms with van der Waals surface area (Å²) in [5.41, 5.74) is 2.19. The molecule has 2 aromatic rings. The van der Waals surface area contributed by atoms with E-state index >= 15 is 0 Å². The molecule has 28 heavy (non-hydrogen) atoms. The van der Waals surface area contributed by atoms with Crippen LogP contribution in [0.5, 0.6) is 0 Å². The van der Waals surface area contributed by atoms with Crippen LogP contribution >= 0.6 is 0 Å². The number of hydrogen-bond donors (Lipinski definition) is 2. The molecule has 0 aliphatic rings. The lowest BCUT2D eigenvalue weighted by Crippen LogP contribution is -2.27. The lowest BCUT2D eigenvalue weighted by atomic mass is 10.1. The zero-order valence-electron chi connectivity index (χ0n) is 16.6. The quantitative estimate of drug-likeness (QED) is 0.596. The number of hydrogen-bond acceptors (Lipinski definition) is 4. The van der Waals surface area contributed by atoms with Crippen molar-refractivity contribution >= 4 is 15.9 Å². The van der Waals surface area contributed by atoms with Gasteiger partial charge in [0.15, 0.2) is 0 Å². The Kier molecular flexibility index (Phi) is 8.17. The van der Waals surface area contributed by atoms with Crippen LogP contribution in [0.25, 0.3) is 0 Å². The van der Waals surface area contributed by atoms with E-state index in [2.05, 4.69) is 10.0 Å². The van der Waals surface area contributed by atoms with Crippen molar-refractivity contribution in [2.24, 2.45) is 0 Å². The minimum absolute atomic E-state index is 0.00732. The number of benzene rings is 2. The molecule has 1 atom stereocenters. The van der Waals surface area contributed by atoms with Gasteiger partial charge in [0.25, 0.3) is 5.91 Å². The Balaban J connectivity index is 1.86. The van der Waals surface area contributed by atoms with Crippen molar-refractivity contribution in [1.29, 1.82) is 0 Å². The predicted octanol–water partition coefficient (Wildman–Crippen LogP) is 3.19.